The van der Waals surface area contributed by atoms with Crippen LogP contribution < -0.4 is 20.2 Å². The van der Waals surface area contributed by atoms with Gasteiger partial charge in [0.1, 0.15) is 0 Å². The third-order valence-electron chi connectivity index (χ3n) is 3.83. The summed E-state index contributed by atoms with van der Waals surface area (Å²) in [7, 11) is 3.22. The fraction of sp³-hybridized carbons (Fsp3) is 0.500. The number of hydrazone groups is 1. The van der Waals surface area contributed by atoms with E-state index in [4.69, 9.17) is 21.7 Å². The zero-order valence-corrected chi connectivity index (χ0v) is 14.1. The van der Waals surface area contributed by atoms with E-state index >= 15 is 0 Å². The summed E-state index contributed by atoms with van der Waals surface area (Å²) in [5.41, 5.74) is 4.96. The summed E-state index contributed by atoms with van der Waals surface area (Å²) in [6.07, 6.45) is 4.75. The molecule has 2 rings (SSSR count). The molecule has 1 atom stereocenters. The molecular formula is C16H23N3O2S. The first-order valence-corrected chi connectivity index (χ1v) is 7.90. The van der Waals surface area contributed by atoms with Crippen LogP contribution in [-0.2, 0) is 0 Å². The Balaban J connectivity index is 1.95. The minimum absolute atomic E-state index is 0.470. The average molecular weight is 321 g/mol. The van der Waals surface area contributed by atoms with Gasteiger partial charge < -0.3 is 14.8 Å². The maximum Gasteiger partial charge on any atom is 0.191 e. The number of thiocarbonyl (C=S) groups is 1. The van der Waals surface area contributed by atoms with Crippen LogP contribution in [0.4, 0.5) is 5.69 Å². The van der Waals surface area contributed by atoms with E-state index in [1.54, 1.807) is 14.2 Å². The Morgan fingerprint density at radius 3 is 2.68 bits per heavy atom. The van der Waals surface area contributed by atoms with Crippen LogP contribution in [0.25, 0.3) is 0 Å². The number of nitrogens with zero attached hydrogens (tertiary/aromatic N) is 1. The van der Waals surface area contributed by atoms with E-state index in [2.05, 4.69) is 22.8 Å². The average Bonchev–Trinajstić information content (AvgIpc) is 2.54. The predicted octanol–water partition coefficient (Wildman–Crippen LogP) is 3.56. The van der Waals surface area contributed by atoms with Gasteiger partial charge in [0.25, 0.3) is 0 Å². The van der Waals surface area contributed by atoms with Gasteiger partial charge in [-0.15, -0.1) is 0 Å². The summed E-state index contributed by atoms with van der Waals surface area (Å²) in [6, 6.07) is 5.55. The first-order chi connectivity index (χ1) is 10.6. The largest absolute Gasteiger partial charge is 0.493 e. The van der Waals surface area contributed by atoms with Crippen molar-refractivity contribution in [3.05, 3.63) is 18.2 Å². The number of anilines is 1. The fourth-order valence-electron chi connectivity index (χ4n) is 2.53. The lowest BCUT2D eigenvalue weighted by Crippen LogP contribution is -2.27. The van der Waals surface area contributed by atoms with E-state index < -0.39 is 0 Å². The summed E-state index contributed by atoms with van der Waals surface area (Å²) in [4.78, 5) is 0. The summed E-state index contributed by atoms with van der Waals surface area (Å²) >= 11 is 5.28. The van der Waals surface area contributed by atoms with Gasteiger partial charge in [0.2, 0.25) is 0 Å². The highest BCUT2D eigenvalue weighted by atomic mass is 32.1. The van der Waals surface area contributed by atoms with Gasteiger partial charge in [-0.2, -0.15) is 5.10 Å². The van der Waals surface area contributed by atoms with Crippen LogP contribution >= 0.6 is 12.2 Å². The Bertz CT molecular complexity index is 560. The second-order valence-corrected chi connectivity index (χ2v) is 5.79. The number of rotatable bonds is 4. The molecule has 1 aliphatic carbocycles. The first-order valence-electron chi connectivity index (χ1n) is 7.49. The highest BCUT2D eigenvalue weighted by Crippen LogP contribution is 2.29. The Morgan fingerprint density at radius 2 is 2.00 bits per heavy atom. The van der Waals surface area contributed by atoms with Crippen LogP contribution in [0.3, 0.4) is 0 Å². The first kappa shape index (κ1) is 16.5. The molecule has 0 aromatic heterocycles. The fourth-order valence-corrected chi connectivity index (χ4v) is 2.69. The molecule has 6 heteroatoms. The van der Waals surface area contributed by atoms with E-state index in [1.165, 1.54) is 25.0 Å². The lowest BCUT2D eigenvalue weighted by Gasteiger charge is -2.20. The third-order valence-corrected chi connectivity index (χ3v) is 4.02. The number of benzene rings is 1. The van der Waals surface area contributed by atoms with E-state index in [0.717, 1.165) is 12.1 Å². The van der Waals surface area contributed by atoms with Crippen molar-refractivity contribution in [2.75, 3.05) is 19.5 Å². The van der Waals surface area contributed by atoms with Crippen LogP contribution in [0, 0.1) is 5.92 Å². The third kappa shape index (κ3) is 4.34. The lowest BCUT2D eigenvalue weighted by molar-refractivity contribution is 0.355. The number of hydrogen-bond donors (Lipinski definition) is 2. The molecule has 0 spiro atoms. The van der Waals surface area contributed by atoms with Crippen LogP contribution in [-0.4, -0.2) is 25.0 Å². The van der Waals surface area contributed by atoms with Gasteiger partial charge in [-0.3, -0.25) is 5.43 Å². The van der Waals surface area contributed by atoms with Crippen LogP contribution in [0.2, 0.25) is 0 Å². The Morgan fingerprint density at radius 1 is 1.23 bits per heavy atom. The molecule has 1 fully saturated rings. The van der Waals surface area contributed by atoms with Gasteiger partial charge in [-0.25, -0.2) is 0 Å². The molecule has 1 aliphatic rings. The van der Waals surface area contributed by atoms with E-state index in [1.807, 2.05) is 18.2 Å². The normalized spacial score (nSPS) is 19.6. The molecule has 0 heterocycles. The van der Waals surface area contributed by atoms with Gasteiger partial charge in [0.05, 0.1) is 14.2 Å². The summed E-state index contributed by atoms with van der Waals surface area (Å²) in [6.45, 7) is 2.21. The monoisotopic (exact) mass is 321 g/mol. The number of nitrogens with one attached hydrogen (secondary N) is 2. The molecule has 0 bridgehead atoms. The van der Waals surface area contributed by atoms with Crippen molar-refractivity contribution in [2.45, 2.75) is 32.6 Å². The van der Waals surface area contributed by atoms with E-state index in [9.17, 15) is 0 Å². The van der Waals surface area contributed by atoms with Gasteiger partial charge in [0, 0.05) is 17.5 Å². The summed E-state index contributed by atoms with van der Waals surface area (Å²) in [5.74, 6) is 1.87. The van der Waals surface area contributed by atoms with Crippen LogP contribution in [0.1, 0.15) is 32.6 Å². The number of ether oxygens (including phenoxy) is 2. The van der Waals surface area contributed by atoms with Crippen molar-refractivity contribution in [2.24, 2.45) is 11.0 Å². The topological polar surface area (TPSA) is 54.9 Å². The minimum Gasteiger partial charge on any atom is -0.493 e. The minimum atomic E-state index is 0.470. The molecule has 0 aliphatic heterocycles. The molecule has 22 heavy (non-hydrogen) atoms. The van der Waals surface area contributed by atoms with Gasteiger partial charge in [-0.05, 0) is 49.5 Å². The molecular weight excluding hydrogens is 298 g/mol. The zero-order valence-electron chi connectivity index (χ0n) is 13.3. The Labute approximate surface area is 137 Å². The maximum absolute atomic E-state index is 5.28. The smallest absolute Gasteiger partial charge is 0.191 e. The highest BCUT2D eigenvalue weighted by molar-refractivity contribution is 7.80. The van der Waals surface area contributed by atoms with Gasteiger partial charge in [-0.1, -0.05) is 13.3 Å². The van der Waals surface area contributed by atoms with Gasteiger partial charge in [0.15, 0.2) is 16.6 Å². The molecule has 2 N–H and O–H groups in total. The van der Waals surface area contributed by atoms with Crippen LogP contribution in [0.5, 0.6) is 11.5 Å². The lowest BCUT2D eigenvalue weighted by atomic mass is 9.89. The molecule has 0 amide bonds. The van der Waals surface area contributed by atoms with Crippen LogP contribution in [0.15, 0.2) is 23.3 Å². The predicted molar refractivity (Wildman–Crippen MR) is 94.0 cm³/mol. The summed E-state index contributed by atoms with van der Waals surface area (Å²) < 4.78 is 10.5. The van der Waals surface area contributed by atoms with Crippen molar-refractivity contribution in [1.82, 2.24) is 5.43 Å². The van der Waals surface area contributed by atoms with Gasteiger partial charge >= 0.3 is 0 Å². The van der Waals surface area contributed by atoms with Crippen molar-refractivity contribution >= 4 is 28.7 Å². The molecule has 1 saturated carbocycles. The molecule has 0 radical (unpaired) electrons. The molecule has 5 nitrogen and oxygen atoms in total. The van der Waals surface area contributed by atoms with E-state index in [0.29, 0.717) is 22.5 Å². The molecule has 1 aromatic carbocycles. The Kier molecular flexibility index (Phi) is 6.00. The quantitative estimate of drug-likeness (QED) is 0.656. The zero-order chi connectivity index (χ0) is 15.9. The SMILES string of the molecule is COc1ccc(NC(=S)NN=C2CCCC[C@H]2C)cc1OC. The second-order valence-electron chi connectivity index (χ2n) is 5.39. The standard InChI is InChI=1S/C16H23N3O2S/c1-11-6-4-5-7-13(11)18-19-16(22)17-12-8-9-14(20-2)15(10-12)21-3/h8-11H,4-7H2,1-3H3,(H2,17,19,22)/t11-/m1/s1. The van der Waals surface area contributed by atoms with E-state index in [-0.39, 0.29) is 0 Å². The van der Waals surface area contributed by atoms with Crippen molar-refractivity contribution in [3.8, 4) is 11.5 Å². The second kappa shape index (κ2) is 7.98. The van der Waals surface area contributed by atoms with Crippen molar-refractivity contribution in [1.29, 1.82) is 0 Å². The summed E-state index contributed by atoms with van der Waals surface area (Å²) in [5, 5.41) is 8.01. The highest BCUT2D eigenvalue weighted by Gasteiger charge is 2.15. The van der Waals surface area contributed by atoms with Crippen molar-refractivity contribution < 1.29 is 9.47 Å². The molecule has 120 valence electrons. The van der Waals surface area contributed by atoms with Crippen molar-refractivity contribution in [3.63, 3.8) is 0 Å². The maximum atomic E-state index is 5.28. The number of methoxy groups -OCH3 is 2. The molecule has 0 unspecified atom stereocenters. The Hall–Kier alpha value is -1.82. The molecule has 0 saturated heterocycles. The number of hydrogen-bond acceptors (Lipinski definition) is 4. The molecule has 1 aromatic rings.